The monoisotopic (exact) mass is 254 g/mol. The molecule has 1 rings (SSSR count). The first-order chi connectivity index (χ1) is 8.81. The fraction of sp³-hybridized carbons (Fsp3) is 0.846. The van der Waals surface area contributed by atoms with Crippen LogP contribution in [0, 0.1) is 0 Å². The van der Waals surface area contributed by atoms with Crippen LogP contribution in [-0.2, 0) is 17.7 Å². The average molecular weight is 254 g/mol. The second-order valence-corrected chi connectivity index (χ2v) is 4.48. The molecule has 0 radical (unpaired) electrons. The van der Waals surface area contributed by atoms with Crippen LogP contribution in [0.2, 0.25) is 0 Å². The summed E-state index contributed by atoms with van der Waals surface area (Å²) in [5.41, 5.74) is 0. The van der Waals surface area contributed by atoms with Gasteiger partial charge in [-0.25, -0.2) is 4.98 Å². The SMILES string of the molecule is CCCNC(CCCOC)Cc1ncnn1CC. The van der Waals surface area contributed by atoms with Gasteiger partial charge < -0.3 is 10.1 Å². The van der Waals surface area contributed by atoms with Crippen LogP contribution in [0.5, 0.6) is 0 Å². The van der Waals surface area contributed by atoms with Gasteiger partial charge in [-0.15, -0.1) is 0 Å². The molecule has 1 aromatic rings. The highest BCUT2D eigenvalue weighted by atomic mass is 16.5. The minimum Gasteiger partial charge on any atom is -0.385 e. The van der Waals surface area contributed by atoms with Gasteiger partial charge in [0.15, 0.2) is 0 Å². The van der Waals surface area contributed by atoms with Gasteiger partial charge in [-0.2, -0.15) is 5.10 Å². The van der Waals surface area contributed by atoms with Gasteiger partial charge in [0.2, 0.25) is 0 Å². The number of hydrogen-bond donors (Lipinski definition) is 1. The minimum atomic E-state index is 0.467. The van der Waals surface area contributed by atoms with Crippen molar-refractivity contribution in [1.82, 2.24) is 20.1 Å². The molecular weight excluding hydrogens is 228 g/mol. The molecule has 0 spiro atoms. The summed E-state index contributed by atoms with van der Waals surface area (Å²) in [6, 6.07) is 0.467. The van der Waals surface area contributed by atoms with E-state index in [1.165, 1.54) is 0 Å². The van der Waals surface area contributed by atoms with Crippen molar-refractivity contribution >= 4 is 0 Å². The molecule has 0 aliphatic rings. The zero-order valence-corrected chi connectivity index (χ0v) is 11.9. The van der Waals surface area contributed by atoms with Crippen LogP contribution in [0.15, 0.2) is 6.33 Å². The second-order valence-electron chi connectivity index (χ2n) is 4.48. The Balaban J connectivity index is 2.48. The van der Waals surface area contributed by atoms with Crippen molar-refractivity contribution in [3.63, 3.8) is 0 Å². The van der Waals surface area contributed by atoms with Crippen LogP contribution in [0.25, 0.3) is 0 Å². The number of hydrogen-bond acceptors (Lipinski definition) is 4. The summed E-state index contributed by atoms with van der Waals surface area (Å²) in [5.74, 6) is 1.07. The van der Waals surface area contributed by atoms with Crippen molar-refractivity contribution < 1.29 is 4.74 Å². The molecule has 0 aliphatic carbocycles. The first-order valence-corrected chi connectivity index (χ1v) is 6.90. The Labute approximate surface area is 110 Å². The van der Waals surface area contributed by atoms with Crippen molar-refractivity contribution in [3.05, 3.63) is 12.2 Å². The maximum atomic E-state index is 5.12. The smallest absolute Gasteiger partial charge is 0.138 e. The number of methoxy groups -OCH3 is 1. The third-order valence-corrected chi connectivity index (χ3v) is 3.01. The normalized spacial score (nSPS) is 12.8. The summed E-state index contributed by atoms with van der Waals surface area (Å²) in [4.78, 5) is 4.34. The van der Waals surface area contributed by atoms with Gasteiger partial charge in [-0.05, 0) is 32.7 Å². The number of nitrogens with one attached hydrogen (secondary N) is 1. The Hall–Kier alpha value is -0.940. The van der Waals surface area contributed by atoms with Gasteiger partial charge in [0.1, 0.15) is 12.2 Å². The summed E-state index contributed by atoms with van der Waals surface area (Å²) in [6.07, 6.45) is 5.94. The number of aryl methyl sites for hydroxylation is 1. The van der Waals surface area contributed by atoms with E-state index in [2.05, 4.69) is 29.2 Å². The Bertz CT molecular complexity index is 314. The van der Waals surface area contributed by atoms with Crippen molar-refractivity contribution in [2.75, 3.05) is 20.3 Å². The van der Waals surface area contributed by atoms with Crippen LogP contribution in [0.1, 0.15) is 38.9 Å². The maximum Gasteiger partial charge on any atom is 0.138 e. The first kappa shape index (κ1) is 15.1. The fourth-order valence-electron chi connectivity index (χ4n) is 2.03. The molecule has 0 saturated carbocycles. The van der Waals surface area contributed by atoms with Crippen molar-refractivity contribution in [2.24, 2.45) is 0 Å². The molecule has 1 unspecified atom stereocenters. The van der Waals surface area contributed by atoms with Crippen LogP contribution in [-0.4, -0.2) is 41.1 Å². The summed E-state index contributed by atoms with van der Waals surface area (Å²) >= 11 is 0. The maximum absolute atomic E-state index is 5.12. The van der Waals surface area contributed by atoms with Crippen LogP contribution < -0.4 is 5.32 Å². The van der Waals surface area contributed by atoms with Gasteiger partial charge in [0, 0.05) is 32.7 Å². The molecular formula is C13H26N4O. The molecule has 0 aromatic carbocycles. The van der Waals surface area contributed by atoms with E-state index in [0.717, 1.165) is 51.2 Å². The molecule has 104 valence electrons. The Morgan fingerprint density at radius 3 is 2.94 bits per heavy atom. The average Bonchev–Trinajstić information content (AvgIpc) is 2.83. The lowest BCUT2D eigenvalue weighted by Gasteiger charge is -2.18. The Morgan fingerprint density at radius 2 is 2.28 bits per heavy atom. The van der Waals surface area contributed by atoms with E-state index in [1.54, 1.807) is 13.4 Å². The number of rotatable bonds is 10. The molecule has 5 nitrogen and oxygen atoms in total. The zero-order valence-electron chi connectivity index (χ0n) is 11.9. The van der Waals surface area contributed by atoms with E-state index in [0.29, 0.717) is 6.04 Å². The third kappa shape index (κ3) is 5.14. The number of ether oxygens (including phenoxy) is 1. The minimum absolute atomic E-state index is 0.467. The molecule has 1 heterocycles. The van der Waals surface area contributed by atoms with Gasteiger partial charge in [0.05, 0.1) is 0 Å². The predicted octanol–water partition coefficient (Wildman–Crippen LogP) is 1.64. The predicted molar refractivity (Wildman–Crippen MR) is 72.6 cm³/mol. The number of aromatic nitrogens is 3. The summed E-state index contributed by atoms with van der Waals surface area (Å²) in [5, 5.41) is 7.80. The van der Waals surface area contributed by atoms with Crippen LogP contribution in [0.3, 0.4) is 0 Å². The highest BCUT2D eigenvalue weighted by Gasteiger charge is 2.12. The molecule has 5 heteroatoms. The van der Waals surface area contributed by atoms with Crippen LogP contribution >= 0.6 is 0 Å². The largest absolute Gasteiger partial charge is 0.385 e. The van der Waals surface area contributed by atoms with E-state index in [1.807, 2.05) is 4.68 Å². The quantitative estimate of drug-likeness (QED) is 0.645. The molecule has 1 aromatic heterocycles. The van der Waals surface area contributed by atoms with Gasteiger partial charge in [-0.3, -0.25) is 4.68 Å². The second kappa shape index (κ2) is 9.05. The van der Waals surface area contributed by atoms with Gasteiger partial charge in [0.25, 0.3) is 0 Å². The lowest BCUT2D eigenvalue weighted by Crippen LogP contribution is -2.33. The molecule has 0 amide bonds. The summed E-state index contributed by atoms with van der Waals surface area (Å²) in [7, 11) is 1.75. The van der Waals surface area contributed by atoms with E-state index >= 15 is 0 Å². The van der Waals surface area contributed by atoms with E-state index in [-0.39, 0.29) is 0 Å². The first-order valence-electron chi connectivity index (χ1n) is 6.90. The van der Waals surface area contributed by atoms with Crippen molar-refractivity contribution in [1.29, 1.82) is 0 Å². The Morgan fingerprint density at radius 1 is 1.44 bits per heavy atom. The highest BCUT2D eigenvalue weighted by Crippen LogP contribution is 2.06. The lowest BCUT2D eigenvalue weighted by atomic mass is 10.1. The van der Waals surface area contributed by atoms with Crippen molar-refractivity contribution in [2.45, 2.75) is 52.1 Å². The van der Waals surface area contributed by atoms with Gasteiger partial charge in [-0.1, -0.05) is 6.92 Å². The van der Waals surface area contributed by atoms with Crippen molar-refractivity contribution in [3.8, 4) is 0 Å². The van der Waals surface area contributed by atoms with E-state index in [4.69, 9.17) is 4.74 Å². The molecule has 0 aliphatic heterocycles. The lowest BCUT2D eigenvalue weighted by molar-refractivity contribution is 0.188. The molecule has 0 bridgehead atoms. The fourth-order valence-corrected chi connectivity index (χ4v) is 2.03. The molecule has 0 fully saturated rings. The molecule has 1 N–H and O–H groups in total. The zero-order chi connectivity index (χ0) is 13.2. The van der Waals surface area contributed by atoms with Crippen LogP contribution in [0.4, 0.5) is 0 Å². The van der Waals surface area contributed by atoms with Gasteiger partial charge >= 0.3 is 0 Å². The molecule has 0 saturated heterocycles. The van der Waals surface area contributed by atoms with E-state index < -0.39 is 0 Å². The summed E-state index contributed by atoms with van der Waals surface area (Å²) in [6.45, 7) is 7.04. The van der Waals surface area contributed by atoms with E-state index in [9.17, 15) is 0 Å². The molecule has 18 heavy (non-hydrogen) atoms. The topological polar surface area (TPSA) is 52.0 Å². The standard InChI is InChI=1S/C13H26N4O/c1-4-8-14-12(7-6-9-18-3)10-13-15-11-16-17(13)5-2/h11-12,14H,4-10H2,1-3H3. The summed E-state index contributed by atoms with van der Waals surface area (Å²) < 4.78 is 7.09. The highest BCUT2D eigenvalue weighted by molar-refractivity contribution is 4.89. The number of nitrogens with zero attached hydrogens (tertiary/aromatic N) is 3. The third-order valence-electron chi connectivity index (χ3n) is 3.01. The Kier molecular flexibility index (Phi) is 7.60. The molecule has 1 atom stereocenters.